The Hall–Kier alpha value is -2.19. The molecule has 1 saturated heterocycles. The van der Waals surface area contributed by atoms with Gasteiger partial charge in [-0.05, 0) is 25.8 Å². The standard InChI is InChI=1S/C20H33N3O5/c1-5-21-20(22-8-6-9-28-16-7-10-27-14-16)23-13-15-11-18(25-3)19(26-4)12-17(15)24-2/h11-12,16H,5-10,13-14H2,1-4H3,(H2,21,22,23). The molecule has 0 saturated carbocycles. The van der Waals surface area contributed by atoms with Gasteiger partial charge in [-0.25, -0.2) is 4.99 Å². The van der Waals surface area contributed by atoms with E-state index < -0.39 is 0 Å². The number of rotatable bonds is 11. The Bertz CT molecular complexity index is 618. The van der Waals surface area contributed by atoms with E-state index in [9.17, 15) is 0 Å². The zero-order valence-electron chi connectivity index (χ0n) is 17.4. The molecule has 2 rings (SSSR count). The fraction of sp³-hybridized carbons (Fsp3) is 0.650. The van der Waals surface area contributed by atoms with Crippen molar-refractivity contribution in [1.29, 1.82) is 0 Å². The van der Waals surface area contributed by atoms with Crippen molar-refractivity contribution < 1.29 is 23.7 Å². The van der Waals surface area contributed by atoms with Gasteiger partial charge in [0.25, 0.3) is 0 Å². The molecule has 0 aromatic heterocycles. The Kier molecular flexibility index (Phi) is 9.71. The first kappa shape index (κ1) is 22.1. The van der Waals surface area contributed by atoms with Crippen LogP contribution >= 0.6 is 0 Å². The van der Waals surface area contributed by atoms with E-state index in [0.717, 1.165) is 44.1 Å². The van der Waals surface area contributed by atoms with Gasteiger partial charge in [0.1, 0.15) is 5.75 Å². The van der Waals surface area contributed by atoms with Gasteiger partial charge in [0.05, 0.1) is 40.6 Å². The number of ether oxygens (including phenoxy) is 5. The Morgan fingerprint density at radius 2 is 1.86 bits per heavy atom. The lowest BCUT2D eigenvalue weighted by Crippen LogP contribution is -2.38. The molecule has 1 aromatic rings. The number of hydrogen-bond acceptors (Lipinski definition) is 6. The second-order valence-corrected chi connectivity index (χ2v) is 6.35. The van der Waals surface area contributed by atoms with Crippen molar-refractivity contribution in [2.75, 3.05) is 54.2 Å². The summed E-state index contributed by atoms with van der Waals surface area (Å²) in [4.78, 5) is 4.66. The number of nitrogens with zero attached hydrogens (tertiary/aromatic N) is 1. The van der Waals surface area contributed by atoms with Gasteiger partial charge in [-0.2, -0.15) is 0 Å². The van der Waals surface area contributed by atoms with Crippen LogP contribution in [0.1, 0.15) is 25.3 Å². The molecule has 8 nitrogen and oxygen atoms in total. The highest BCUT2D eigenvalue weighted by molar-refractivity contribution is 5.79. The van der Waals surface area contributed by atoms with Crippen LogP contribution in [-0.2, 0) is 16.0 Å². The smallest absolute Gasteiger partial charge is 0.191 e. The van der Waals surface area contributed by atoms with E-state index in [1.165, 1.54) is 0 Å². The molecule has 1 heterocycles. The summed E-state index contributed by atoms with van der Waals surface area (Å²) in [6, 6.07) is 3.70. The number of nitrogens with one attached hydrogen (secondary N) is 2. The van der Waals surface area contributed by atoms with E-state index in [0.29, 0.717) is 37.0 Å². The van der Waals surface area contributed by atoms with Crippen LogP contribution in [0, 0.1) is 0 Å². The molecule has 1 fully saturated rings. The highest BCUT2D eigenvalue weighted by Crippen LogP contribution is 2.34. The molecule has 0 amide bonds. The lowest BCUT2D eigenvalue weighted by atomic mass is 10.1. The zero-order chi connectivity index (χ0) is 20.2. The quantitative estimate of drug-likeness (QED) is 0.337. The van der Waals surface area contributed by atoms with Crippen LogP contribution in [0.25, 0.3) is 0 Å². The number of hydrogen-bond donors (Lipinski definition) is 2. The number of benzene rings is 1. The molecule has 1 unspecified atom stereocenters. The first-order chi connectivity index (χ1) is 13.7. The van der Waals surface area contributed by atoms with Crippen molar-refractivity contribution in [2.45, 2.75) is 32.4 Å². The summed E-state index contributed by atoms with van der Waals surface area (Å²) >= 11 is 0. The maximum Gasteiger partial charge on any atom is 0.191 e. The normalized spacial score (nSPS) is 16.7. The molecule has 0 bridgehead atoms. The third kappa shape index (κ3) is 6.76. The van der Waals surface area contributed by atoms with Gasteiger partial charge >= 0.3 is 0 Å². The van der Waals surface area contributed by atoms with Crippen LogP contribution in [0.4, 0.5) is 0 Å². The lowest BCUT2D eigenvalue weighted by molar-refractivity contribution is 0.0420. The lowest BCUT2D eigenvalue weighted by Gasteiger charge is -2.15. The third-order valence-corrected chi connectivity index (χ3v) is 4.39. The maximum atomic E-state index is 5.78. The van der Waals surface area contributed by atoms with Crippen molar-refractivity contribution in [3.8, 4) is 17.2 Å². The highest BCUT2D eigenvalue weighted by atomic mass is 16.5. The van der Waals surface area contributed by atoms with Crippen LogP contribution in [0.3, 0.4) is 0 Å². The molecule has 158 valence electrons. The van der Waals surface area contributed by atoms with Crippen LogP contribution in [0.5, 0.6) is 17.2 Å². The van der Waals surface area contributed by atoms with Crippen LogP contribution in [0.15, 0.2) is 17.1 Å². The van der Waals surface area contributed by atoms with Gasteiger partial charge in [0.2, 0.25) is 0 Å². The van der Waals surface area contributed by atoms with Gasteiger partial charge in [-0.1, -0.05) is 0 Å². The average molecular weight is 396 g/mol. The minimum atomic E-state index is 0.249. The van der Waals surface area contributed by atoms with E-state index in [1.807, 2.05) is 19.1 Å². The fourth-order valence-corrected chi connectivity index (χ4v) is 2.90. The van der Waals surface area contributed by atoms with E-state index in [1.54, 1.807) is 21.3 Å². The summed E-state index contributed by atoms with van der Waals surface area (Å²) in [5, 5.41) is 6.59. The summed E-state index contributed by atoms with van der Waals surface area (Å²) < 4.78 is 27.3. The molecule has 1 aromatic carbocycles. The summed E-state index contributed by atoms with van der Waals surface area (Å²) in [5.41, 5.74) is 0.918. The van der Waals surface area contributed by atoms with Crippen molar-refractivity contribution in [1.82, 2.24) is 10.6 Å². The minimum Gasteiger partial charge on any atom is -0.496 e. The summed E-state index contributed by atoms with van der Waals surface area (Å²) in [7, 11) is 4.85. The van der Waals surface area contributed by atoms with Crippen LogP contribution in [-0.4, -0.2) is 66.3 Å². The molecule has 0 aliphatic carbocycles. The first-order valence-corrected chi connectivity index (χ1v) is 9.72. The maximum absolute atomic E-state index is 5.78. The van der Waals surface area contributed by atoms with Gasteiger partial charge in [0, 0.05) is 37.9 Å². The predicted molar refractivity (Wildman–Crippen MR) is 109 cm³/mol. The predicted octanol–water partition coefficient (Wildman–Crippen LogP) is 1.96. The molecule has 1 aliphatic heterocycles. The Labute approximate surface area is 167 Å². The van der Waals surface area contributed by atoms with E-state index in [2.05, 4.69) is 15.6 Å². The van der Waals surface area contributed by atoms with E-state index in [-0.39, 0.29) is 6.10 Å². The van der Waals surface area contributed by atoms with Crippen molar-refractivity contribution in [3.05, 3.63) is 17.7 Å². The molecule has 0 radical (unpaired) electrons. The molecule has 28 heavy (non-hydrogen) atoms. The Morgan fingerprint density at radius 3 is 2.50 bits per heavy atom. The van der Waals surface area contributed by atoms with E-state index >= 15 is 0 Å². The largest absolute Gasteiger partial charge is 0.496 e. The second kappa shape index (κ2) is 12.3. The first-order valence-electron chi connectivity index (χ1n) is 9.72. The molecule has 1 atom stereocenters. The van der Waals surface area contributed by atoms with Crippen molar-refractivity contribution in [3.63, 3.8) is 0 Å². The molecular formula is C20H33N3O5. The van der Waals surface area contributed by atoms with Crippen molar-refractivity contribution in [2.24, 2.45) is 4.99 Å². The number of methoxy groups -OCH3 is 3. The van der Waals surface area contributed by atoms with Crippen LogP contribution < -0.4 is 24.8 Å². The summed E-state index contributed by atoms with van der Waals surface area (Å²) in [6.07, 6.45) is 2.14. The molecule has 8 heteroatoms. The zero-order valence-corrected chi connectivity index (χ0v) is 17.4. The second-order valence-electron chi connectivity index (χ2n) is 6.35. The molecule has 2 N–H and O–H groups in total. The van der Waals surface area contributed by atoms with E-state index in [4.69, 9.17) is 23.7 Å². The van der Waals surface area contributed by atoms with Crippen LogP contribution in [0.2, 0.25) is 0 Å². The summed E-state index contributed by atoms with van der Waals surface area (Å²) in [6.45, 7) is 6.29. The van der Waals surface area contributed by atoms with Gasteiger partial charge in [0.15, 0.2) is 17.5 Å². The summed E-state index contributed by atoms with van der Waals surface area (Å²) in [5.74, 6) is 2.75. The van der Waals surface area contributed by atoms with Crippen molar-refractivity contribution >= 4 is 5.96 Å². The highest BCUT2D eigenvalue weighted by Gasteiger charge is 2.15. The number of aliphatic imine (C=N–C) groups is 1. The topological polar surface area (TPSA) is 82.6 Å². The molecular weight excluding hydrogens is 362 g/mol. The van der Waals surface area contributed by atoms with Gasteiger partial charge < -0.3 is 34.3 Å². The fourth-order valence-electron chi connectivity index (χ4n) is 2.90. The van der Waals surface area contributed by atoms with Gasteiger partial charge in [-0.15, -0.1) is 0 Å². The SMILES string of the molecule is CCNC(=NCc1cc(OC)c(OC)cc1OC)NCCCOC1CCOC1. The number of guanidine groups is 1. The van der Waals surface area contributed by atoms with Gasteiger partial charge in [-0.3, -0.25) is 0 Å². The monoisotopic (exact) mass is 395 g/mol. The average Bonchev–Trinajstić information content (AvgIpc) is 3.24. The Balaban J connectivity index is 1.90. The third-order valence-electron chi connectivity index (χ3n) is 4.39. The minimum absolute atomic E-state index is 0.249. The molecule has 1 aliphatic rings. The Morgan fingerprint density at radius 1 is 1.11 bits per heavy atom. The molecule has 0 spiro atoms.